The second-order valence-electron chi connectivity index (χ2n) is 4.53. The third-order valence-corrected chi connectivity index (χ3v) is 2.89. The molecule has 1 heterocycles. The number of ether oxygens (including phenoxy) is 1. The van der Waals surface area contributed by atoms with Gasteiger partial charge in [-0.05, 0) is 18.1 Å². The van der Waals surface area contributed by atoms with Gasteiger partial charge in [0.2, 0.25) is 0 Å². The molecular weight excluding hydrogens is 310 g/mol. The van der Waals surface area contributed by atoms with Gasteiger partial charge in [0.15, 0.2) is 0 Å². The van der Waals surface area contributed by atoms with Crippen molar-refractivity contribution in [3.8, 4) is 0 Å². The van der Waals surface area contributed by atoms with E-state index in [0.717, 1.165) is 24.6 Å². The van der Waals surface area contributed by atoms with E-state index in [1.54, 1.807) is 12.1 Å². The van der Waals surface area contributed by atoms with Crippen molar-refractivity contribution in [2.45, 2.75) is 26.2 Å². The zero-order valence-corrected chi connectivity index (χ0v) is 13.0. The number of hydrogen-bond donors (Lipinski definition) is 1. The Hall–Kier alpha value is -2.15. The smallest absolute Gasteiger partial charge is 0.325 e. The van der Waals surface area contributed by atoms with Crippen LogP contribution in [0.15, 0.2) is 30.2 Å². The van der Waals surface area contributed by atoms with E-state index in [1.165, 1.54) is 6.20 Å². The van der Waals surface area contributed by atoms with Crippen LogP contribution in [0, 0.1) is 10.1 Å². The molecule has 0 radical (unpaired) electrons. The highest BCUT2D eigenvalue weighted by Crippen LogP contribution is 2.09. The van der Waals surface area contributed by atoms with E-state index in [1.807, 2.05) is 6.92 Å². The van der Waals surface area contributed by atoms with Gasteiger partial charge in [0.05, 0.1) is 17.2 Å². The van der Waals surface area contributed by atoms with Crippen LogP contribution in [-0.4, -0.2) is 29.0 Å². The Labute approximate surface area is 133 Å². The van der Waals surface area contributed by atoms with Crippen LogP contribution in [0.1, 0.15) is 25.3 Å². The zero-order chi connectivity index (χ0) is 16.4. The molecule has 120 valence electrons. The van der Waals surface area contributed by atoms with Crippen molar-refractivity contribution in [3.05, 3.63) is 51.1 Å². The number of nitrogens with zero attached hydrogens (tertiary/aromatic N) is 2. The summed E-state index contributed by atoms with van der Waals surface area (Å²) in [6.45, 7) is 2.22. The number of pyridine rings is 1. The predicted octanol–water partition coefficient (Wildman–Crippen LogP) is 2.33. The van der Waals surface area contributed by atoms with Gasteiger partial charge in [-0.1, -0.05) is 31.0 Å². The number of esters is 1. The number of allylic oxidation sites excluding steroid dienone is 1. The molecule has 0 fully saturated rings. The van der Waals surface area contributed by atoms with Gasteiger partial charge in [-0.2, -0.15) is 0 Å². The number of nitrogens with one attached hydrogen (secondary N) is 1. The van der Waals surface area contributed by atoms with E-state index < -0.39 is 10.9 Å². The molecule has 0 bridgehead atoms. The van der Waals surface area contributed by atoms with Crippen molar-refractivity contribution in [1.29, 1.82) is 0 Å². The molecule has 0 aromatic carbocycles. The van der Waals surface area contributed by atoms with E-state index >= 15 is 0 Å². The summed E-state index contributed by atoms with van der Waals surface area (Å²) < 4.78 is 4.98. The van der Waals surface area contributed by atoms with Gasteiger partial charge in [-0.3, -0.25) is 14.9 Å². The lowest BCUT2D eigenvalue weighted by Crippen LogP contribution is -2.26. The highest BCUT2D eigenvalue weighted by Gasteiger charge is 2.09. The van der Waals surface area contributed by atoms with Crippen LogP contribution in [0.5, 0.6) is 0 Å². The van der Waals surface area contributed by atoms with Crippen molar-refractivity contribution in [3.63, 3.8) is 0 Å². The molecule has 0 atom stereocenters. The quantitative estimate of drug-likeness (QED) is 0.246. The summed E-state index contributed by atoms with van der Waals surface area (Å²) in [7, 11) is 0. The van der Waals surface area contributed by atoms with Crippen LogP contribution >= 0.6 is 11.6 Å². The van der Waals surface area contributed by atoms with E-state index in [0.29, 0.717) is 17.5 Å². The van der Waals surface area contributed by atoms with E-state index in [4.69, 9.17) is 16.3 Å². The lowest BCUT2D eigenvalue weighted by Gasteiger charge is -2.09. The van der Waals surface area contributed by atoms with E-state index in [9.17, 15) is 14.9 Å². The second-order valence-corrected chi connectivity index (χ2v) is 4.92. The molecule has 8 heteroatoms. The maximum atomic E-state index is 11.5. The minimum atomic E-state index is -0.575. The van der Waals surface area contributed by atoms with Crippen LogP contribution in [0.25, 0.3) is 0 Å². The first kappa shape index (κ1) is 17.9. The second kappa shape index (κ2) is 9.73. The molecular formula is C14H18ClN3O4. The number of rotatable bonds is 9. The van der Waals surface area contributed by atoms with Gasteiger partial charge >= 0.3 is 5.97 Å². The van der Waals surface area contributed by atoms with Crippen LogP contribution in [0.3, 0.4) is 0 Å². The molecule has 0 aliphatic carbocycles. The summed E-state index contributed by atoms with van der Waals surface area (Å²) in [6, 6.07) is 3.31. The first-order valence-corrected chi connectivity index (χ1v) is 7.23. The Kier molecular flexibility index (Phi) is 7.91. The van der Waals surface area contributed by atoms with E-state index in [2.05, 4.69) is 10.3 Å². The number of unbranched alkanes of at least 4 members (excludes halogenated alkanes) is 1. The maximum absolute atomic E-state index is 11.5. The molecule has 0 aliphatic heterocycles. The highest BCUT2D eigenvalue weighted by atomic mass is 35.5. The zero-order valence-electron chi connectivity index (χ0n) is 12.3. The molecule has 0 amide bonds. The van der Waals surface area contributed by atoms with Gasteiger partial charge < -0.3 is 10.1 Å². The monoisotopic (exact) mass is 327 g/mol. The molecule has 1 aromatic heterocycles. The van der Waals surface area contributed by atoms with Crippen LogP contribution < -0.4 is 5.32 Å². The molecule has 1 rings (SSSR count). The lowest BCUT2D eigenvalue weighted by molar-refractivity contribution is -0.403. The van der Waals surface area contributed by atoms with Crippen molar-refractivity contribution in [1.82, 2.24) is 10.3 Å². The first-order chi connectivity index (χ1) is 10.5. The predicted molar refractivity (Wildman–Crippen MR) is 81.9 cm³/mol. The highest BCUT2D eigenvalue weighted by molar-refractivity contribution is 6.29. The Balaban J connectivity index is 2.56. The van der Waals surface area contributed by atoms with Gasteiger partial charge in [0, 0.05) is 12.6 Å². The fraction of sp³-hybridized carbons (Fsp3) is 0.429. The topological polar surface area (TPSA) is 94.4 Å². The Morgan fingerprint density at radius 3 is 2.91 bits per heavy atom. The largest absolute Gasteiger partial charge is 0.464 e. The number of halogens is 1. The SMILES string of the molecule is CCCCOC(=O)CN/C(=C\[N+](=O)[O-])Cc1ccc(Cl)nc1. The molecule has 7 nitrogen and oxygen atoms in total. The summed E-state index contributed by atoms with van der Waals surface area (Å²) in [5, 5.41) is 13.7. The third kappa shape index (κ3) is 7.58. The first-order valence-electron chi connectivity index (χ1n) is 6.85. The molecule has 22 heavy (non-hydrogen) atoms. The standard InChI is InChI=1S/C14H18ClN3O4/c1-2-3-6-22-14(19)9-16-12(10-18(20)21)7-11-4-5-13(15)17-8-11/h4-5,8,10,16H,2-3,6-7,9H2,1H3/b12-10-. The fourth-order valence-corrected chi connectivity index (χ4v) is 1.69. The van der Waals surface area contributed by atoms with Gasteiger partial charge in [0.25, 0.3) is 6.20 Å². The minimum absolute atomic E-state index is 0.121. The summed E-state index contributed by atoms with van der Waals surface area (Å²) >= 11 is 5.68. The molecule has 1 aromatic rings. The number of aromatic nitrogens is 1. The molecule has 0 aliphatic rings. The van der Waals surface area contributed by atoms with Gasteiger partial charge in [-0.15, -0.1) is 0 Å². The van der Waals surface area contributed by atoms with Crippen molar-refractivity contribution in [2.24, 2.45) is 0 Å². The van der Waals surface area contributed by atoms with Crippen molar-refractivity contribution in [2.75, 3.05) is 13.2 Å². The number of carbonyl (C=O) groups is 1. The Morgan fingerprint density at radius 1 is 1.55 bits per heavy atom. The summed E-state index contributed by atoms with van der Waals surface area (Å²) in [5.41, 5.74) is 1.03. The van der Waals surface area contributed by atoms with Crippen LogP contribution in [0.2, 0.25) is 5.15 Å². The average molecular weight is 328 g/mol. The molecule has 0 saturated heterocycles. The lowest BCUT2D eigenvalue weighted by atomic mass is 10.1. The van der Waals surface area contributed by atoms with Crippen molar-refractivity contribution < 1.29 is 14.5 Å². The molecule has 0 spiro atoms. The van der Waals surface area contributed by atoms with Gasteiger partial charge in [0.1, 0.15) is 11.7 Å². The molecule has 0 unspecified atom stereocenters. The fourth-order valence-electron chi connectivity index (χ4n) is 1.58. The summed E-state index contributed by atoms with van der Waals surface area (Å²) in [5.74, 6) is -0.447. The van der Waals surface area contributed by atoms with Crippen LogP contribution in [-0.2, 0) is 16.0 Å². The Bertz CT molecular complexity index is 531. The number of hydrogen-bond acceptors (Lipinski definition) is 6. The maximum Gasteiger partial charge on any atom is 0.325 e. The third-order valence-electron chi connectivity index (χ3n) is 2.67. The molecule has 1 N–H and O–H groups in total. The van der Waals surface area contributed by atoms with Gasteiger partial charge in [-0.25, -0.2) is 4.98 Å². The Morgan fingerprint density at radius 2 is 2.32 bits per heavy atom. The molecule has 0 saturated carbocycles. The van der Waals surface area contributed by atoms with Crippen LogP contribution in [0.4, 0.5) is 0 Å². The normalized spacial score (nSPS) is 11.1. The van der Waals surface area contributed by atoms with Crippen molar-refractivity contribution >= 4 is 17.6 Å². The summed E-state index contributed by atoms with van der Waals surface area (Å²) in [6.07, 6.45) is 4.31. The number of nitro groups is 1. The number of carbonyl (C=O) groups excluding carboxylic acids is 1. The minimum Gasteiger partial charge on any atom is -0.464 e. The summed E-state index contributed by atoms with van der Waals surface area (Å²) in [4.78, 5) is 25.5. The van der Waals surface area contributed by atoms with E-state index in [-0.39, 0.29) is 13.0 Å². The average Bonchev–Trinajstić information content (AvgIpc) is 2.47.